The average molecular weight is 212 g/mol. The summed E-state index contributed by atoms with van der Waals surface area (Å²) in [6.07, 6.45) is 6.03. The van der Waals surface area contributed by atoms with Gasteiger partial charge in [0.2, 0.25) is 0 Å². The number of carbonyl (C=O) groups is 1. The van der Waals surface area contributed by atoms with E-state index in [4.69, 9.17) is 9.47 Å². The second-order valence-electron chi connectivity index (χ2n) is 5.07. The molecule has 0 aromatic carbocycles. The molecule has 3 atom stereocenters. The number of rotatable bonds is 3. The first kappa shape index (κ1) is 11.1. The molecule has 2 fully saturated rings. The topological polar surface area (TPSA) is 35.5 Å². The molecule has 0 aliphatic carbocycles. The van der Waals surface area contributed by atoms with Crippen molar-refractivity contribution in [3.8, 4) is 0 Å². The van der Waals surface area contributed by atoms with Gasteiger partial charge in [0, 0.05) is 13.2 Å². The van der Waals surface area contributed by atoms with E-state index in [1.165, 1.54) is 0 Å². The van der Waals surface area contributed by atoms with Crippen LogP contribution in [0.25, 0.3) is 0 Å². The van der Waals surface area contributed by atoms with Crippen molar-refractivity contribution < 1.29 is 14.3 Å². The Bertz CT molecular complexity index is 223. The summed E-state index contributed by atoms with van der Waals surface area (Å²) in [4.78, 5) is 10.7. The van der Waals surface area contributed by atoms with Crippen molar-refractivity contribution in [2.45, 2.75) is 50.7 Å². The van der Waals surface area contributed by atoms with Crippen LogP contribution in [0.2, 0.25) is 0 Å². The summed E-state index contributed by atoms with van der Waals surface area (Å²) in [6, 6.07) is 0. The van der Waals surface area contributed by atoms with E-state index >= 15 is 0 Å². The third-order valence-electron chi connectivity index (χ3n) is 3.53. The zero-order chi connectivity index (χ0) is 10.7. The Morgan fingerprint density at radius 1 is 1.47 bits per heavy atom. The van der Waals surface area contributed by atoms with Crippen molar-refractivity contribution in [2.75, 3.05) is 13.2 Å². The predicted molar refractivity (Wildman–Crippen MR) is 56.7 cm³/mol. The molecule has 3 heteroatoms. The molecule has 0 aromatic heterocycles. The molecule has 0 aromatic rings. The van der Waals surface area contributed by atoms with E-state index in [2.05, 4.69) is 6.92 Å². The number of aldehydes is 1. The van der Waals surface area contributed by atoms with Crippen molar-refractivity contribution in [3.05, 3.63) is 0 Å². The maximum atomic E-state index is 10.7. The second kappa shape index (κ2) is 4.62. The van der Waals surface area contributed by atoms with E-state index in [1.54, 1.807) is 0 Å². The Labute approximate surface area is 91.1 Å². The van der Waals surface area contributed by atoms with Gasteiger partial charge in [0.25, 0.3) is 0 Å². The van der Waals surface area contributed by atoms with Crippen LogP contribution >= 0.6 is 0 Å². The van der Waals surface area contributed by atoms with Crippen LogP contribution in [0, 0.1) is 5.92 Å². The van der Waals surface area contributed by atoms with Crippen molar-refractivity contribution in [1.29, 1.82) is 0 Å². The van der Waals surface area contributed by atoms with Crippen molar-refractivity contribution in [2.24, 2.45) is 5.92 Å². The molecule has 0 amide bonds. The minimum absolute atomic E-state index is 0.0950. The van der Waals surface area contributed by atoms with Crippen LogP contribution in [0.3, 0.4) is 0 Å². The van der Waals surface area contributed by atoms with Crippen LogP contribution in [0.15, 0.2) is 0 Å². The van der Waals surface area contributed by atoms with Crippen LogP contribution in [-0.2, 0) is 14.3 Å². The highest BCUT2D eigenvalue weighted by Crippen LogP contribution is 2.35. The maximum absolute atomic E-state index is 10.7. The van der Waals surface area contributed by atoms with E-state index in [9.17, 15) is 4.79 Å². The van der Waals surface area contributed by atoms with Gasteiger partial charge in [-0.1, -0.05) is 0 Å². The van der Waals surface area contributed by atoms with E-state index in [1.807, 2.05) is 0 Å². The van der Waals surface area contributed by atoms with Gasteiger partial charge in [-0.15, -0.1) is 0 Å². The molecule has 86 valence electrons. The molecule has 0 N–H and O–H groups in total. The molecule has 2 heterocycles. The van der Waals surface area contributed by atoms with Gasteiger partial charge in [0.05, 0.1) is 5.60 Å². The molecule has 0 spiro atoms. The Morgan fingerprint density at radius 2 is 2.33 bits per heavy atom. The first-order chi connectivity index (χ1) is 7.22. The Hall–Kier alpha value is -0.410. The Balaban J connectivity index is 1.89. The summed E-state index contributed by atoms with van der Waals surface area (Å²) in [5.74, 6) is 0.625. The largest absolute Gasteiger partial charge is 0.381 e. The van der Waals surface area contributed by atoms with Gasteiger partial charge in [0.1, 0.15) is 12.4 Å². The van der Waals surface area contributed by atoms with Gasteiger partial charge in [-0.25, -0.2) is 0 Å². The summed E-state index contributed by atoms with van der Waals surface area (Å²) in [5.41, 5.74) is -0.0950. The fourth-order valence-electron chi connectivity index (χ4n) is 2.76. The van der Waals surface area contributed by atoms with Gasteiger partial charge in [-0.2, -0.15) is 0 Å². The lowest BCUT2D eigenvalue weighted by Gasteiger charge is -2.38. The Morgan fingerprint density at radius 3 is 3.00 bits per heavy atom. The molecular weight excluding hydrogens is 192 g/mol. The fraction of sp³-hybridized carbons (Fsp3) is 0.917. The van der Waals surface area contributed by atoms with Gasteiger partial charge >= 0.3 is 0 Å². The van der Waals surface area contributed by atoms with Crippen LogP contribution in [-0.4, -0.2) is 31.2 Å². The summed E-state index contributed by atoms with van der Waals surface area (Å²) in [7, 11) is 0. The molecule has 2 rings (SSSR count). The lowest BCUT2D eigenvalue weighted by molar-refractivity contribution is -0.147. The number of ether oxygens (including phenoxy) is 2. The highest BCUT2D eigenvalue weighted by atomic mass is 16.5. The highest BCUT2D eigenvalue weighted by molar-refractivity contribution is 5.56. The minimum atomic E-state index is -0.175. The van der Waals surface area contributed by atoms with Crippen molar-refractivity contribution in [1.82, 2.24) is 0 Å². The summed E-state index contributed by atoms with van der Waals surface area (Å²) < 4.78 is 11.2. The second-order valence-corrected chi connectivity index (χ2v) is 5.07. The predicted octanol–water partition coefficient (Wildman–Crippen LogP) is 1.94. The standard InChI is InChI=1S/C12H20O3/c1-12(7-10-4-6-14-9-10)5-2-3-11(8-13)15-12/h8,10-11H,2-7,9H2,1H3. The maximum Gasteiger partial charge on any atom is 0.148 e. The lowest BCUT2D eigenvalue weighted by Crippen LogP contribution is -2.40. The van der Waals surface area contributed by atoms with E-state index in [0.717, 1.165) is 51.6 Å². The summed E-state index contributed by atoms with van der Waals surface area (Å²) in [6.45, 7) is 3.89. The summed E-state index contributed by atoms with van der Waals surface area (Å²) in [5, 5.41) is 0. The molecule has 2 aliphatic rings. The zero-order valence-electron chi connectivity index (χ0n) is 9.41. The van der Waals surface area contributed by atoms with Crippen molar-refractivity contribution in [3.63, 3.8) is 0 Å². The fourth-order valence-corrected chi connectivity index (χ4v) is 2.76. The van der Waals surface area contributed by atoms with Gasteiger partial charge in [-0.05, 0) is 44.9 Å². The van der Waals surface area contributed by atoms with E-state index < -0.39 is 0 Å². The molecule has 0 saturated carbocycles. The molecule has 2 aliphatic heterocycles. The van der Waals surface area contributed by atoms with Crippen LogP contribution in [0.4, 0.5) is 0 Å². The van der Waals surface area contributed by atoms with Crippen LogP contribution < -0.4 is 0 Å². The molecule has 2 saturated heterocycles. The lowest BCUT2D eigenvalue weighted by atomic mass is 9.84. The third-order valence-corrected chi connectivity index (χ3v) is 3.53. The first-order valence-electron chi connectivity index (χ1n) is 5.93. The number of carbonyl (C=O) groups excluding carboxylic acids is 1. The van der Waals surface area contributed by atoms with E-state index in [0.29, 0.717) is 5.92 Å². The molecule has 0 radical (unpaired) electrons. The monoisotopic (exact) mass is 212 g/mol. The quantitative estimate of drug-likeness (QED) is 0.671. The molecular formula is C12H20O3. The third kappa shape index (κ3) is 2.79. The Kier molecular flexibility index (Phi) is 3.42. The van der Waals surface area contributed by atoms with Gasteiger partial charge < -0.3 is 14.3 Å². The number of hydrogen-bond acceptors (Lipinski definition) is 3. The van der Waals surface area contributed by atoms with Crippen molar-refractivity contribution >= 4 is 6.29 Å². The molecule has 3 unspecified atom stereocenters. The smallest absolute Gasteiger partial charge is 0.148 e. The molecule has 0 bridgehead atoms. The number of hydrogen-bond donors (Lipinski definition) is 0. The summed E-state index contributed by atoms with van der Waals surface area (Å²) >= 11 is 0. The first-order valence-corrected chi connectivity index (χ1v) is 5.93. The average Bonchev–Trinajstić information content (AvgIpc) is 2.69. The zero-order valence-corrected chi connectivity index (χ0v) is 9.41. The van der Waals surface area contributed by atoms with E-state index in [-0.39, 0.29) is 11.7 Å². The normalized spacial score (nSPS) is 41.7. The van der Waals surface area contributed by atoms with Crippen LogP contribution in [0.1, 0.15) is 39.0 Å². The van der Waals surface area contributed by atoms with Gasteiger partial charge in [-0.3, -0.25) is 0 Å². The highest BCUT2D eigenvalue weighted by Gasteiger charge is 2.35. The minimum Gasteiger partial charge on any atom is -0.381 e. The molecule has 15 heavy (non-hydrogen) atoms. The molecule has 3 nitrogen and oxygen atoms in total. The van der Waals surface area contributed by atoms with Gasteiger partial charge in [0.15, 0.2) is 0 Å². The SMILES string of the molecule is CC1(CC2CCOC2)CCCC(C=O)O1. The van der Waals surface area contributed by atoms with Crippen LogP contribution in [0.5, 0.6) is 0 Å².